The van der Waals surface area contributed by atoms with Crippen molar-refractivity contribution >= 4 is 21.8 Å². The summed E-state index contributed by atoms with van der Waals surface area (Å²) in [5, 5.41) is 12.2. The molecule has 7 nitrogen and oxygen atoms in total. The number of sulfonamides is 1. The molecule has 1 aromatic carbocycles. The van der Waals surface area contributed by atoms with E-state index in [9.17, 15) is 18.3 Å². The number of ether oxygens (including phenoxy) is 1. The van der Waals surface area contributed by atoms with Gasteiger partial charge in [0.05, 0.1) is 31.1 Å². The Bertz CT molecular complexity index is 644. The highest BCUT2D eigenvalue weighted by atomic mass is 32.2. The van der Waals surface area contributed by atoms with Crippen molar-refractivity contribution in [3.8, 4) is 5.75 Å². The molecular weight excluding hydrogens is 296 g/mol. The van der Waals surface area contributed by atoms with Crippen LogP contribution in [0.1, 0.15) is 12.5 Å². The number of rotatable bonds is 3. The van der Waals surface area contributed by atoms with Crippen molar-refractivity contribution in [2.75, 3.05) is 23.7 Å². The van der Waals surface area contributed by atoms with E-state index in [0.717, 1.165) is 6.26 Å². The summed E-state index contributed by atoms with van der Waals surface area (Å²) in [5.41, 5.74) is 1.19. The van der Waals surface area contributed by atoms with Gasteiger partial charge in [-0.1, -0.05) is 0 Å². The third kappa shape index (κ3) is 3.57. The van der Waals surface area contributed by atoms with E-state index in [0.29, 0.717) is 17.7 Å². The van der Waals surface area contributed by atoms with Gasteiger partial charge in [-0.3, -0.25) is 4.31 Å². The van der Waals surface area contributed by atoms with Crippen LogP contribution in [0, 0.1) is 0 Å². The Hall–Kier alpha value is -1.96. The van der Waals surface area contributed by atoms with Crippen LogP contribution in [-0.4, -0.2) is 45.1 Å². The minimum atomic E-state index is -3.47. The molecule has 8 heteroatoms. The molecule has 0 aliphatic carbocycles. The predicted molar refractivity (Wildman–Crippen MR) is 77.9 cm³/mol. The van der Waals surface area contributed by atoms with Crippen molar-refractivity contribution in [1.29, 1.82) is 0 Å². The average Bonchev–Trinajstić information content (AvgIpc) is 2.36. The highest BCUT2D eigenvalue weighted by Crippen LogP contribution is 2.31. The molecule has 2 N–H and O–H groups in total. The van der Waals surface area contributed by atoms with Gasteiger partial charge in [-0.15, -0.1) is 0 Å². The molecular formula is C13H18N2O5S. The van der Waals surface area contributed by atoms with Crippen LogP contribution in [0.4, 0.5) is 10.5 Å². The van der Waals surface area contributed by atoms with Gasteiger partial charge in [0, 0.05) is 0 Å². The summed E-state index contributed by atoms with van der Waals surface area (Å²) in [6.45, 7) is 2.07. The molecule has 0 spiro atoms. The van der Waals surface area contributed by atoms with Crippen LogP contribution in [0.3, 0.4) is 0 Å². The highest BCUT2D eigenvalue weighted by molar-refractivity contribution is 7.92. The molecule has 2 rings (SSSR count). The Morgan fingerprint density at radius 1 is 1.52 bits per heavy atom. The lowest BCUT2D eigenvalue weighted by atomic mass is 9.99. The number of phenols is 1. The maximum absolute atomic E-state index is 11.9. The van der Waals surface area contributed by atoms with E-state index in [-0.39, 0.29) is 18.9 Å². The van der Waals surface area contributed by atoms with Gasteiger partial charge in [0.1, 0.15) is 5.75 Å². The van der Waals surface area contributed by atoms with E-state index >= 15 is 0 Å². The van der Waals surface area contributed by atoms with Crippen LogP contribution in [-0.2, 0) is 21.2 Å². The van der Waals surface area contributed by atoms with Crippen molar-refractivity contribution in [1.82, 2.24) is 5.32 Å². The fraction of sp³-hybridized carbons (Fsp3) is 0.462. The Morgan fingerprint density at radius 2 is 2.24 bits per heavy atom. The third-order valence-corrected chi connectivity index (χ3v) is 4.33. The topological polar surface area (TPSA) is 95.9 Å². The normalized spacial score (nSPS) is 18.0. The van der Waals surface area contributed by atoms with Crippen molar-refractivity contribution < 1.29 is 23.1 Å². The molecule has 0 radical (unpaired) electrons. The summed E-state index contributed by atoms with van der Waals surface area (Å²) < 4.78 is 29.9. The number of nitrogens with one attached hydrogen (secondary N) is 1. The number of amides is 1. The summed E-state index contributed by atoms with van der Waals surface area (Å²) >= 11 is 0. The average molecular weight is 314 g/mol. The lowest BCUT2D eigenvalue weighted by molar-refractivity contribution is 0.148. The van der Waals surface area contributed by atoms with E-state index < -0.39 is 22.2 Å². The van der Waals surface area contributed by atoms with E-state index in [2.05, 4.69) is 5.32 Å². The van der Waals surface area contributed by atoms with Gasteiger partial charge in [-0.05, 0) is 37.1 Å². The summed E-state index contributed by atoms with van der Waals surface area (Å²) in [5.74, 6) is 0.0546. The molecule has 0 fully saturated rings. The van der Waals surface area contributed by atoms with E-state index in [1.807, 2.05) is 0 Å². The van der Waals surface area contributed by atoms with E-state index in [1.165, 1.54) is 16.4 Å². The molecule has 21 heavy (non-hydrogen) atoms. The van der Waals surface area contributed by atoms with Gasteiger partial charge in [0.25, 0.3) is 0 Å². The number of hydrogen-bond acceptors (Lipinski definition) is 5. The van der Waals surface area contributed by atoms with E-state index in [4.69, 9.17) is 4.74 Å². The lowest BCUT2D eigenvalue weighted by Gasteiger charge is -2.34. The predicted octanol–water partition coefficient (Wildman–Crippen LogP) is 0.829. The van der Waals surface area contributed by atoms with Crippen LogP contribution < -0.4 is 9.62 Å². The lowest BCUT2D eigenvalue weighted by Crippen LogP contribution is -2.50. The van der Waals surface area contributed by atoms with Gasteiger partial charge in [-0.2, -0.15) is 0 Å². The first-order chi connectivity index (χ1) is 9.81. The number of nitrogens with zero attached hydrogens (tertiary/aromatic N) is 1. The van der Waals surface area contributed by atoms with Crippen molar-refractivity contribution in [2.45, 2.75) is 19.4 Å². The van der Waals surface area contributed by atoms with Crippen molar-refractivity contribution in [3.63, 3.8) is 0 Å². The van der Waals surface area contributed by atoms with Crippen molar-refractivity contribution in [2.24, 2.45) is 0 Å². The highest BCUT2D eigenvalue weighted by Gasteiger charge is 2.31. The number of benzene rings is 1. The number of carbonyl (C=O) groups excluding carboxylic acids is 1. The molecule has 0 aromatic heterocycles. The van der Waals surface area contributed by atoms with Gasteiger partial charge in [0.2, 0.25) is 10.0 Å². The quantitative estimate of drug-likeness (QED) is 0.861. The van der Waals surface area contributed by atoms with Gasteiger partial charge >= 0.3 is 6.09 Å². The maximum atomic E-state index is 11.9. The number of hydrogen-bond donors (Lipinski definition) is 2. The molecule has 116 valence electrons. The molecule has 1 aliphatic rings. The van der Waals surface area contributed by atoms with Crippen LogP contribution in [0.25, 0.3) is 0 Å². The molecule has 0 saturated carbocycles. The number of phenolic OH excluding ortho intramolecular Hbond substituents is 1. The van der Waals surface area contributed by atoms with Crippen LogP contribution >= 0.6 is 0 Å². The Morgan fingerprint density at radius 3 is 2.86 bits per heavy atom. The second-order valence-electron chi connectivity index (χ2n) is 4.87. The first-order valence-electron chi connectivity index (χ1n) is 6.54. The largest absolute Gasteiger partial charge is 0.508 e. The SMILES string of the molecule is CCOC(=O)NC1Cc2cc(O)ccc2N(S(C)(=O)=O)C1. The zero-order chi connectivity index (χ0) is 15.6. The molecule has 1 unspecified atom stereocenters. The second-order valence-corrected chi connectivity index (χ2v) is 6.78. The number of carbonyl (C=O) groups is 1. The number of fused-ring (bicyclic) bond motifs is 1. The van der Waals surface area contributed by atoms with Crippen molar-refractivity contribution in [3.05, 3.63) is 23.8 Å². The van der Waals surface area contributed by atoms with Crippen LogP contribution in [0.5, 0.6) is 5.75 Å². The molecule has 0 bridgehead atoms. The smallest absolute Gasteiger partial charge is 0.407 e. The molecule has 1 amide bonds. The summed E-state index contributed by atoms with van der Waals surface area (Å²) in [7, 11) is -3.47. The Labute approximate surface area is 123 Å². The Kier molecular flexibility index (Phi) is 4.26. The summed E-state index contributed by atoms with van der Waals surface area (Å²) in [4.78, 5) is 11.5. The maximum Gasteiger partial charge on any atom is 0.407 e. The first kappa shape index (κ1) is 15.4. The molecule has 0 saturated heterocycles. The molecule has 1 heterocycles. The molecule has 1 atom stereocenters. The van der Waals surface area contributed by atoms with Gasteiger partial charge < -0.3 is 15.2 Å². The van der Waals surface area contributed by atoms with Crippen LogP contribution in [0.15, 0.2) is 18.2 Å². The number of alkyl carbamates (subject to hydrolysis) is 1. The fourth-order valence-electron chi connectivity index (χ4n) is 2.36. The first-order valence-corrected chi connectivity index (χ1v) is 8.39. The summed E-state index contributed by atoms with van der Waals surface area (Å²) in [6, 6.07) is 4.10. The monoisotopic (exact) mass is 314 g/mol. The molecule has 1 aliphatic heterocycles. The standard InChI is InChI=1S/C13H18N2O5S/c1-3-20-13(17)14-10-6-9-7-11(16)4-5-12(9)15(8-10)21(2,18)19/h4-5,7,10,16H,3,6,8H2,1-2H3,(H,14,17). The number of anilines is 1. The Balaban J connectivity index is 2.30. The zero-order valence-corrected chi connectivity index (χ0v) is 12.7. The second kappa shape index (κ2) is 5.80. The minimum absolute atomic E-state index is 0.0546. The number of aromatic hydroxyl groups is 1. The molecule has 1 aromatic rings. The van der Waals surface area contributed by atoms with Crippen LogP contribution in [0.2, 0.25) is 0 Å². The third-order valence-electron chi connectivity index (χ3n) is 3.18. The zero-order valence-electron chi connectivity index (χ0n) is 11.9. The van der Waals surface area contributed by atoms with Gasteiger partial charge in [-0.25, -0.2) is 13.2 Å². The van der Waals surface area contributed by atoms with Gasteiger partial charge in [0.15, 0.2) is 0 Å². The van der Waals surface area contributed by atoms with E-state index in [1.54, 1.807) is 13.0 Å². The summed E-state index contributed by atoms with van der Waals surface area (Å²) in [6.07, 6.45) is 0.949. The fourth-order valence-corrected chi connectivity index (χ4v) is 3.34. The minimum Gasteiger partial charge on any atom is -0.508 e.